The van der Waals surface area contributed by atoms with E-state index >= 15 is 0 Å². The minimum absolute atomic E-state index is 0.0543. The average Bonchev–Trinajstić information content (AvgIpc) is 2.93. The van der Waals surface area contributed by atoms with Crippen molar-refractivity contribution in [1.29, 1.82) is 0 Å². The van der Waals surface area contributed by atoms with Gasteiger partial charge in [0.25, 0.3) is 5.91 Å². The topological polar surface area (TPSA) is 104 Å². The predicted molar refractivity (Wildman–Crippen MR) is 85.5 cm³/mol. The van der Waals surface area contributed by atoms with E-state index in [-0.39, 0.29) is 31.1 Å². The monoisotopic (exact) mass is 354 g/mol. The lowest BCUT2D eigenvalue weighted by Crippen LogP contribution is -2.52. The summed E-state index contributed by atoms with van der Waals surface area (Å²) in [5.74, 6) is -1.47. The lowest BCUT2D eigenvalue weighted by atomic mass is 10.1. The number of benzene rings is 1. The number of carbonyl (C=O) groups is 2. The van der Waals surface area contributed by atoms with Crippen molar-refractivity contribution in [3.63, 3.8) is 0 Å². The Balaban J connectivity index is 1.88. The molecular formula is C15H18N2O6S. The number of rotatable bonds is 3. The number of hydrogen-bond acceptors (Lipinski definition) is 5. The van der Waals surface area contributed by atoms with E-state index in [1.54, 1.807) is 18.2 Å². The zero-order valence-corrected chi connectivity index (χ0v) is 13.7. The molecule has 8 nitrogen and oxygen atoms in total. The van der Waals surface area contributed by atoms with Gasteiger partial charge in [0, 0.05) is 18.7 Å². The van der Waals surface area contributed by atoms with E-state index in [9.17, 15) is 23.1 Å². The fourth-order valence-electron chi connectivity index (χ4n) is 2.94. The van der Waals surface area contributed by atoms with Crippen LogP contribution < -0.4 is 4.31 Å². The van der Waals surface area contributed by atoms with Crippen LogP contribution in [0.2, 0.25) is 0 Å². The van der Waals surface area contributed by atoms with Crippen molar-refractivity contribution in [2.45, 2.75) is 12.5 Å². The highest BCUT2D eigenvalue weighted by molar-refractivity contribution is 7.93. The molecule has 9 heteroatoms. The van der Waals surface area contributed by atoms with E-state index < -0.39 is 27.9 Å². The third-order valence-electron chi connectivity index (χ3n) is 4.15. The van der Waals surface area contributed by atoms with Crippen LogP contribution in [-0.4, -0.2) is 68.4 Å². The molecule has 0 aliphatic carbocycles. The molecule has 2 saturated heterocycles. The highest BCUT2D eigenvalue weighted by Crippen LogP contribution is 2.25. The summed E-state index contributed by atoms with van der Waals surface area (Å²) < 4.78 is 30.5. The number of morpholine rings is 1. The molecule has 1 N–H and O–H groups in total. The van der Waals surface area contributed by atoms with Gasteiger partial charge in [0.2, 0.25) is 10.0 Å². The summed E-state index contributed by atoms with van der Waals surface area (Å²) in [6.07, 6.45) is 0.547. The zero-order valence-electron chi connectivity index (χ0n) is 12.9. The van der Waals surface area contributed by atoms with Crippen molar-refractivity contribution >= 4 is 27.6 Å². The van der Waals surface area contributed by atoms with Crippen molar-refractivity contribution in [2.75, 3.05) is 36.4 Å². The fourth-order valence-corrected chi connectivity index (χ4v) is 4.50. The van der Waals surface area contributed by atoms with Crippen LogP contribution in [0.5, 0.6) is 0 Å². The Labute approximate surface area is 139 Å². The Bertz CT molecular complexity index is 763. The van der Waals surface area contributed by atoms with Crippen LogP contribution in [0.15, 0.2) is 24.3 Å². The number of carbonyl (C=O) groups excluding carboxylic acids is 1. The Kier molecular flexibility index (Phi) is 4.46. The van der Waals surface area contributed by atoms with Crippen LogP contribution in [0.4, 0.5) is 5.69 Å². The molecule has 0 unspecified atom stereocenters. The second-order valence-corrected chi connectivity index (χ2v) is 7.73. The third-order valence-corrected chi connectivity index (χ3v) is 6.02. The van der Waals surface area contributed by atoms with E-state index in [0.29, 0.717) is 18.7 Å². The number of anilines is 1. The third kappa shape index (κ3) is 3.09. The van der Waals surface area contributed by atoms with Gasteiger partial charge in [-0.2, -0.15) is 0 Å². The van der Waals surface area contributed by atoms with Crippen LogP contribution in [0.25, 0.3) is 0 Å². The van der Waals surface area contributed by atoms with Gasteiger partial charge in [-0.3, -0.25) is 9.10 Å². The maximum absolute atomic E-state index is 12.7. The van der Waals surface area contributed by atoms with Gasteiger partial charge < -0.3 is 14.7 Å². The van der Waals surface area contributed by atoms with E-state index in [4.69, 9.17) is 4.74 Å². The van der Waals surface area contributed by atoms with Crippen LogP contribution >= 0.6 is 0 Å². The maximum atomic E-state index is 12.7. The molecule has 1 amide bonds. The lowest BCUT2D eigenvalue weighted by molar-refractivity contribution is -0.147. The summed E-state index contributed by atoms with van der Waals surface area (Å²) in [5, 5.41) is 9.24. The van der Waals surface area contributed by atoms with Crippen molar-refractivity contribution in [3.05, 3.63) is 29.8 Å². The summed E-state index contributed by atoms with van der Waals surface area (Å²) in [5.41, 5.74) is 0.696. The van der Waals surface area contributed by atoms with Gasteiger partial charge in [-0.05, 0) is 24.6 Å². The summed E-state index contributed by atoms with van der Waals surface area (Å²) in [4.78, 5) is 25.2. The largest absolute Gasteiger partial charge is 0.480 e. The van der Waals surface area contributed by atoms with Crippen LogP contribution in [0.3, 0.4) is 0 Å². The standard InChI is InChI=1S/C15H18N2O6S/c18-14(16-6-7-23-10-13(16)15(19)20)11-3-1-4-12(9-11)17-5-2-8-24(17,21)22/h1,3-4,9,13H,2,5-8,10H2,(H,19,20)/t13-/m1/s1. The number of hydrogen-bond donors (Lipinski definition) is 1. The summed E-state index contributed by atoms with van der Waals surface area (Å²) in [7, 11) is -3.34. The lowest BCUT2D eigenvalue weighted by Gasteiger charge is -2.33. The summed E-state index contributed by atoms with van der Waals surface area (Å²) in [6.45, 7) is 0.786. The van der Waals surface area contributed by atoms with Gasteiger partial charge in [0.05, 0.1) is 24.7 Å². The molecule has 1 aromatic carbocycles. The molecule has 2 aliphatic rings. The summed E-state index contributed by atoms with van der Waals surface area (Å²) >= 11 is 0. The summed E-state index contributed by atoms with van der Waals surface area (Å²) in [6, 6.07) is 5.26. The molecule has 0 bridgehead atoms. The molecule has 1 aromatic rings. The van der Waals surface area contributed by atoms with Crippen molar-refractivity contribution in [3.8, 4) is 0 Å². The van der Waals surface area contributed by atoms with E-state index in [1.165, 1.54) is 15.3 Å². The normalized spacial score (nSPS) is 23.2. The van der Waals surface area contributed by atoms with Crippen molar-refractivity contribution < 1.29 is 27.9 Å². The molecule has 0 spiro atoms. The van der Waals surface area contributed by atoms with Crippen LogP contribution in [-0.2, 0) is 19.6 Å². The Morgan fingerprint density at radius 2 is 2.04 bits per heavy atom. The van der Waals surface area contributed by atoms with Gasteiger partial charge in [0.1, 0.15) is 0 Å². The molecule has 24 heavy (non-hydrogen) atoms. The molecular weight excluding hydrogens is 336 g/mol. The number of carboxylic acid groups (broad SMARTS) is 1. The first-order chi connectivity index (χ1) is 11.4. The molecule has 2 aliphatic heterocycles. The van der Waals surface area contributed by atoms with Crippen molar-refractivity contribution in [2.24, 2.45) is 0 Å². The SMILES string of the molecule is O=C(O)[C@H]1COCCN1C(=O)c1cccc(N2CCCS2(=O)=O)c1. The number of carboxylic acids is 1. The molecule has 0 saturated carbocycles. The molecule has 0 aromatic heterocycles. The minimum atomic E-state index is -3.34. The zero-order chi connectivity index (χ0) is 17.3. The number of nitrogens with zero attached hydrogens (tertiary/aromatic N) is 2. The second kappa shape index (κ2) is 6.40. The van der Waals surface area contributed by atoms with Gasteiger partial charge in [-0.15, -0.1) is 0 Å². The smallest absolute Gasteiger partial charge is 0.328 e. The number of ether oxygens (including phenoxy) is 1. The molecule has 2 fully saturated rings. The predicted octanol–water partition coefficient (Wildman–Crippen LogP) is 0.152. The number of sulfonamides is 1. The molecule has 3 rings (SSSR count). The molecule has 1 atom stereocenters. The van der Waals surface area contributed by atoms with E-state index in [2.05, 4.69) is 0 Å². The van der Waals surface area contributed by atoms with E-state index in [1.807, 2.05) is 0 Å². The van der Waals surface area contributed by atoms with Gasteiger partial charge in [0.15, 0.2) is 6.04 Å². The highest BCUT2D eigenvalue weighted by Gasteiger charge is 2.34. The maximum Gasteiger partial charge on any atom is 0.328 e. The first kappa shape index (κ1) is 16.7. The first-order valence-electron chi connectivity index (χ1n) is 7.62. The molecule has 130 valence electrons. The minimum Gasteiger partial charge on any atom is -0.480 e. The second-order valence-electron chi connectivity index (χ2n) is 5.72. The first-order valence-corrected chi connectivity index (χ1v) is 9.23. The Morgan fingerprint density at radius 1 is 1.25 bits per heavy atom. The Morgan fingerprint density at radius 3 is 2.71 bits per heavy atom. The molecule has 0 radical (unpaired) electrons. The quantitative estimate of drug-likeness (QED) is 0.829. The number of amides is 1. The van der Waals surface area contributed by atoms with Crippen LogP contribution in [0.1, 0.15) is 16.8 Å². The fraction of sp³-hybridized carbons (Fsp3) is 0.467. The molecule has 2 heterocycles. The van der Waals surface area contributed by atoms with Gasteiger partial charge in [-0.25, -0.2) is 13.2 Å². The number of aliphatic carboxylic acids is 1. The van der Waals surface area contributed by atoms with E-state index in [0.717, 1.165) is 0 Å². The average molecular weight is 354 g/mol. The van der Waals surface area contributed by atoms with Gasteiger partial charge >= 0.3 is 5.97 Å². The van der Waals surface area contributed by atoms with Crippen LogP contribution in [0, 0.1) is 0 Å². The highest BCUT2D eigenvalue weighted by atomic mass is 32.2. The van der Waals surface area contributed by atoms with Crippen molar-refractivity contribution in [1.82, 2.24) is 4.90 Å². The Hall–Kier alpha value is -2.13. The van der Waals surface area contributed by atoms with Gasteiger partial charge in [-0.1, -0.05) is 6.07 Å².